The van der Waals surface area contributed by atoms with Crippen LogP contribution in [0.1, 0.15) is 16.2 Å². The molecule has 0 radical (unpaired) electrons. The van der Waals surface area contributed by atoms with Crippen molar-refractivity contribution < 1.29 is 18.3 Å². The molecule has 5 heteroatoms. The Morgan fingerprint density at radius 2 is 2.05 bits per heavy atom. The molecule has 0 unspecified atom stereocenters. The zero-order chi connectivity index (χ0) is 13.9. The van der Waals surface area contributed by atoms with E-state index in [9.17, 15) is 9.18 Å². The molecule has 4 nitrogen and oxygen atoms in total. The van der Waals surface area contributed by atoms with Gasteiger partial charge in [0.15, 0.2) is 12.2 Å². The van der Waals surface area contributed by atoms with Crippen LogP contribution in [0, 0.1) is 5.82 Å². The Labute approximate surface area is 113 Å². The van der Waals surface area contributed by atoms with Crippen LogP contribution in [0.3, 0.4) is 0 Å². The highest BCUT2D eigenvalue weighted by Gasteiger charge is 2.11. The summed E-state index contributed by atoms with van der Waals surface area (Å²) in [6, 6.07) is 12.6. The number of carbonyl (C=O) groups is 1. The third-order valence-electron chi connectivity index (χ3n) is 2.73. The van der Waals surface area contributed by atoms with Crippen molar-refractivity contribution in [1.29, 1.82) is 0 Å². The lowest BCUT2D eigenvalue weighted by Crippen LogP contribution is -2.05. The number of hydrogen-bond donors (Lipinski definition) is 0. The zero-order valence-corrected chi connectivity index (χ0v) is 10.4. The van der Waals surface area contributed by atoms with E-state index in [2.05, 4.69) is 4.98 Å². The smallest absolute Gasteiger partial charge is 0.338 e. The van der Waals surface area contributed by atoms with E-state index in [-0.39, 0.29) is 12.2 Å². The van der Waals surface area contributed by atoms with E-state index in [0.29, 0.717) is 17.0 Å². The van der Waals surface area contributed by atoms with Gasteiger partial charge in [0.05, 0.1) is 5.56 Å². The number of carbonyl (C=O) groups excluding carboxylic acids is 1. The highest BCUT2D eigenvalue weighted by molar-refractivity contribution is 5.89. The number of aromatic nitrogens is 1. The molecule has 0 N–H and O–H groups in total. The quantitative estimate of drug-likeness (QED) is 0.686. The first-order valence-corrected chi connectivity index (χ1v) is 5.99. The van der Waals surface area contributed by atoms with Crippen LogP contribution in [-0.4, -0.2) is 11.0 Å². The molecule has 0 saturated carbocycles. The van der Waals surface area contributed by atoms with Crippen molar-refractivity contribution in [3.8, 4) is 0 Å². The zero-order valence-electron chi connectivity index (χ0n) is 10.4. The summed E-state index contributed by atoms with van der Waals surface area (Å²) in [5.74, 6) is -0.802. The third-order valence-corrected chi connectivity index (χ3v) is 2.73. The highest BCUT2D eigenvalue weighted by atomic mass is 19.1. The molecule has 0 spiro atoms. The first-order valence-electron chi connectivity index (χ1n) is 5.99. The van der Waals surface area contributed by atoms with Crippen LogP contribution >= 0.6 is 0 Å². The summed E-state index contributed by atoms with van der Waals surface area (Å²) < 4.78 is 23.4. The van der Waals surface area contributed by atoms with E-state index in [0.717, 1.165) is 6.07 Å². The van der Waals surface area contributed by atoms with E-state index in [4.69, 9.17) is 9.15 Å². The Kier molecular flexibility index (Phi) is 3.16. The number of oxazole rings is 1. The van der Waals surface area contributed by atoms with Gasteiger partial charge in [0.1, 0.15) is 11.3 Å². The van der Waals surface area contributed by atoms with Gasteiger partial charge in [-0.1, -0.05) is 18.2 Å². The van der Waals surface area contributed by atoms with Gasteiger partial charge in [0, 0.05) is 0 Å². The maximum absolute atomic E-state index is 13.0. The maximum Gasteiger partial charge on any atom is 0.338 e. The maximum atomic E-state index is 13.0. The largest absolute Gasteiger partial charge is 0.452 e. The minimum Gasteiger partial charge on any atom is -0.452 e. The molecule has 1 aromatic heterocycles. The lowest BCUT2D eigenvalue weighted by Gasteiger charge is -2.01. The molecule has 0 atom stereocenters. The van der Waals surface area contributed by atoms with Gasteiger partial charge < -0.3 is 9.15 Å². The fourth-order valence-electron chi connectivity index (χ4n) is 1.81. The first kappa shape index (κ1) is 12.3. The van der Waals surface area contributed by atoms with E-state index in [1.165, 1.54) is 18.2 Å². The third kappa shape index (κ3) is 2.51. The standard InChI is InChI=1S/C15H10FNO3/c16-11-5-3-4-10(8-11)15(18)19-9-14-17-12-6-1-2-7-13(12)20-14/h1-8H,9H2. The van der Waals surface area contributed by atoms with Gasteiger partial charge in [-0.05, 0) is 30.3 Å². The van der Waals surface area contributed by atoms with Crippen molar-refractivity contribution in [1.82, 2.24) is 4.98 Å². The average molecular weight is 271 g/mol. The fraction of sp³-hybridized carbons (Fsp3) is 0.0667. The molecule has 0 aliphatic heterocycles. The van der Waals surface area contributed by atoms with Gasteiger partial charge in [-0.2, -0.15) is 0 Å². The SMILES string of the molecule is O=C(OCc1nc2ccccc2o1)c1cccc(F)c1. The summed E-state index contributed by atoms with van der Waals surface area (Å²) in [7, 11) is 0. The van der Waals surface area contributed by atoms with Crippen LogP contribution in [0.25, 0.3) is 11.1 Å². The molecule has 100 valence electrons. The van der Waals surface area contributed by atoms with Crippen LogP contribution in [0.2, 0.25) is 0 Å². The Morgan fingerprint density at radius 1 is 1.20 bits per heavy atom. The molecule has 0 fully saturated rings. The molecule has 1 heterocycles. The molecule has 0 aliphatic carbocycles. The average Bonchev–Trinajstić information content (AvgIpc) is 2.87. The molecule has 3 aromatic rings. The number of ether oxygens (including phenoxy) is 1. The summed E-state index contributed by atoms with van der Waals surface area (Å²) >= 11 is 0. The van der Waals surface area contributed by atoms with Crippen LogP contribution in [0.15, 0.2) is 52.9 Å². The van der Waals surface area contributed by atoms with Gasteiger partial charge in [0.25, 0.3) is 0 Å². The van der Waals surface area contributed by atoms with Crippen LogP contribution in [0.5, 0.6) is 0 Å². The molecule has 0 aliphatic rings. The molecular weight excluding hydrogens is 261 g/mol. The number of fused-ring (bicyclic) bond motifs is 1. The van der Waals surface area contributed by atoms with Gasteiger partial charge in [-0.25, -0.2) is 14.2 Å². The Bertz CT molecular complexity index is 733. The van der Waals surface area contributed by atoms with E-state index >= 15 is 0 Å². The minimum absolute atomic E-state index is 0.0932. The Hall–Kier alpha value is -2.69. The van der Waals surface area contributed by atoms with Crippen molar-refractivity contribution in [2.75, 3.05) is 0 Å². The van der Waals surface area contributed by atoms with Crippen LogP contribution in [0.4, 0.5) is 4.39 Å². The van der Waals surface area contributed by atoms with E-state index < -0.39 is 11.8 Å². The van der Waals surface area contributed by atoms with Crippen molar-refractivity contribution in [2.45, 2.75) is 6.61 Å². The second-order valence-electron chi connectivity index (χ2n) is 4.16. The molecule has 3 rings (SSSR count). The number of para-hydroxylation sites is 2. The fourth-order valence-corrected chi connectivity index (χ4v) is 1.81. The summed E-state index contributed by atoms with van der Waals surface area (Å²) in [5, 5.41) is 0. The van der Waals surface area contributed by atoms with Gasteiger partial charge in [-0.3, -0.25) is 0 Å². The molecule has 0 saturated heterocycles. The van der Waals surface area contributed by atoms with Crippen LogP contribution in [-0.2, 0) is 11.3 Å². The summed E-state index contributed by atoms with van der Waals surface area (Å²) in [5.41, 5.74) is 1.48. The number of hydrogen-bond acceptors (Lipinski definition) is 4. The van der Waals surface area contributed by atoms with Crippen molar-refractivity contribution in [3.05, 3.63) is 65.8 Å². The van der Waals surface area contributed by atoms with Gasteiger partial charge in [0.2, 0.25) is 5.89 Å². The molecule has 0 bridgehead atoms. The highest BCUT2D eigenvalue weighted by Crippen LogP contribution is 2.15. The molecule has 0 amide bonds. The van der Waals surface area contributed by atoms with Gasteiger partial charge in [-0.15, -0.1) is 0 Å². The number of benzene rings is 2. The predicted octanol–water partition coefficient (Wildman–Crippen LogP) is 3.32. The molecule has 2 aromatic carbocycles. The van der Waals surface area contributed by atoms with Gasteiger partial charge >= 0.3 is 5.97 Å². The summed E-state index contributed by atoms with van der Waals surface area (Å²) in [4.78, 5) is 15.9. The summed E-state index contributed by atoms with van der Waals surface area (Å²) in [6.45, 7) is -0.0932. The number of esters is 1. The molecule has 20 heavy (non-hydrogen) atoms. The second kappa shape index (κ2) is 5.13. The first-order chi connectivity index (χ1) is 9.72. The number of halogens is 1. The Balaban J connectivity index is 1.71. The number of rotatable bonds is 3. The minimum atomic E-state index is -0.619. The predicted molar refractivity (Wildman–Crippen MR) is 69.5 cm³/mol. The van der Waals surface area contributed by atoms with E-state index in [1.54, 1.807) is 12.1 Å². The Morgan fingerprint density at radius 3 is 2.85 bits per heavy atom. The molecular formula is C15H10FNO3. The second-order valence-corrected chi connectivity index (χ2v) is 4.16. The topological polar surface area (TPSA) is 52.3 Å². The lowest BCUT2D eigenvalue weighted by molar-refractivity contribution is 0.0440. The van der Waals surface area contributed by atoms with Crippen molar-refractivity contribution >= 4 is 17.1 Å². The lowest BCUT2D eigenvalue weighted by atomic mass is 10.2. The summed E-state index contributed by atoms with van der Waals surface area (Å²) in [6.07, 6.45) is 0. The van der Waals surface area contributed by atoms with E-state index in [1.807, 2.05) is 12.1 Å². The van der Waals surface area contributed by atoms with Crippen molar-refractivity contribution in [2.24, 2.45) is 0 Å². The van der Waals surface area contributed by atoms with Crippen LogP contribution < -0.4 is 0 Å². The van der Waals surface area contributed by atoms with Crippen molar-refractivity contribution in [3.63, 3.8) is 0 Å². The number of nitrogens with zero attached hydrogens (tertiary/aromatic N) is 1. The normalized spacial score (nSPS) is 10.7. The monoisotopic (exact) mass is 271 g/mol.